The number of hydrogen-bond acceptors (Lipinski definition) is 4. The van der Waals surface area contributed by atoms with Crippen LogP contribution in [0, 0.1) is 5.41 Å². The summed E-state index contributed by atoms with van der Waals surface area (Å²) in [6.45, 7) is 5.97. The lowest BCUT2D eigenvalue weighted by Crippen LogP contribution is -2.46. The van der Waals surface area contributed by atoms with Crippen LogP contribution in [0.4, 0.5) is 0 Å². The molecular weight excluding hydrogens is 352 g/mol. The number of ether oxygens (including phenoxy) is 2. The molecule has 1 aliphatic rings. The lowest BCUT2D eigenvalue weighted by Gasteiger charge is -2.41. The number of benzene rings is 3. The molecule has 0 spiro atoms. The van der Waals surface area contributed by atoms with Gasteiger partial charge in [0.2, 0.25) is 0 Å². The first-order valence-electron chi connectivity index (χ1n) is 9.36. The van der Waals surface area contributed by atoms with Crippen molar-refractivity contribution in [1.29, 1.82) is 0 Å². The Morgan fingerprint density at radius 3 is 2.57 bits per heavy atom. The predicted molar refractivity (Wildman–Crippen MR) is 108 cm³/mol. The van der Waals surface area contributed by atoms with Gasteiger partial charge in [0, 0.05) is 5.56 Å². The summed E-state index contributed by atoms with van der Waals surface area (Å²) in [5, 5.41) is 13.4. The van der Waals surface area contributed by atoms with E-state index < -0.39 is 17.5 Å². The van der Waals surface area contributed by atoms with Crippen LogP contribution < -0.4 is 4.74 Å². The van der Waals surface area contributed by atoms with Crippen LogP contribution in [0.2, 0.25) is 0 Å². The Kier molecular flexibility index (Phi) is 4.65. The fourth-order valence-electron chi connectivity index (χ4n) is 3.94. The third kappa shape index (κ3) is 2.77. The smallest absolute Gasteiger partial charge is 0.323 e. The van der Waals surface area contributed by atoms with Crippen molar-refractivity contribution in [2.45, 2.75) is 19.4 Å². The summed E-state index contributed by atoms with van der Waals surface area (Å²) in [4.78, 5) is 13.2. The summed E-state index contributed by atoms with van der Waals surface area (Å²) in [6.07, 6.45) is -0.913. The van der Waals surface area contributed by atoms with Gasteiger partial charge in [-0.1, -0.05) is 67.2 Å². The number of rotatable bonds is 4. The zero-order valence-corrected chi connectivity index (χ0v) is 15.7. The molecule has 0 saturated heterocycles. The van der Waals surface area contributed by atoms with E-state index in [2.05, 4.69) is 6.58 Å². The predicted octanol–water partition coefficient (Wildman–Crippen LogP) is 4.57. The van der Waals surface area contributed by atoms with E-state index in [1.165, 1.54) is 0 Å². The van der Waals surface area contributed by atoms with Crippen LogP contribution in [-0.4, -0.2) is 17.7 Å². The molecule has 1 aliphatic heterocycles. The quantitative estimate of drug-likeness (QED) is 0.680. The molecule has 0 aromatic heterocycles. The molecule has 0 radical (unpaired) electrons. The Morgan fingerprint density at radius 1 is 1.11 bits per heavy atom. The average molecular weight is 374 g/mol. The maximum Gasteiger partial charge on any atom is 0.323 e. The van der Waals surface area contributed by atoms with Crippen LogP contribution in [0.5, 0.6) is 5.75 Å². The third-order valence-electron chi connectivity index (χ3n) is 5.37. The summed E-state index contributed by atoms with van der Waals surface area (Å²) in [5.41, 5.74) is 0.0617. The Morgan fingerprint density at radius 2 is 1.82 bits per heavy atom. The molecule has 0 bridgehead atoms. The average Bonchev–Trinajstić information content (AvgIpc) is 2.71. The second-order valence-electron chi connectivity index (χ2n) is 6.98. The Bertz CT molecular complexity index is 1040. The molecule has 0 aliphatic carbocycles. The van der Waals surface area contributed by atoms with Gasteiger partial charge in [-0.05, 0) is 35.7 Å². The van der Waals surface area contributed by atoms with Crippen molar-refractivity contribution in [3.8, 4) is 5.75 Å². The zero-order valence-electron chi connectivity index (χ0n) is 15.7. The number of hydrogen-bond donors (Lipinski definition) is 1. The van der Waals surface area contributed by atoms with E-state index >= 15 is 0 Å². The number of carbonyl (C=O) groups excluding carboxylic acids is 1. The summed E-state index contributed by atoms with van der Waals surface area (Å²) in [6, 6.07) is 21.0. The molecule has 2 atom stereocenters. The molecule has 2 unspecified atom stereocenters. The third-order valence-corrected chi connectivity index (χ3v) is 5.37. The molecule has 28 heavy (non-hydrogen) atoms. The van der Waals surface area contributed by atoms with Crippen LogP contribution in [0.1, 0.15) is 24.2 Å². The maximum absolute atomic E-state index is 13.2. The van der Waals surface area contributed by atoms with E-state index in [1.54, 1.807) is 6.92 Å². The molecule has 1 N–H and O–H groups in total. The molecule has 0 amide bonds. The van der Waals surface area contributed by atoms with Crippen molar-refractivity contribution in [2.75, 3.05) is 6.61 Å². The van der Waals surface area contributed by atoms with E-state index in [4.69, 9.17) is 9.47 Å². The zero-order chi connectivity index (χ0) is 19.7. The highest BCUT2D eigenvalue weighted by Gasteiger charge is 2.55. The Balaban J connectivity index is 1.92. The van der Waals surface area contributed by atoms with Crippen LogP contribution >= 0.6 is 0 Å². The Labute approximate surface area is 164 Å². The van der Waals surface area contributed by atoms with E-state index in [0.717, 1.165) is 16.3 Å². The summed E-state index contributed by atoms with van der Waals surface area (Å²) < 4.78 is 11.4. The van der Waals surface area contributed by atoms with Gasteiger partial charge in [0.15, 0.2) is 5.41 Å². The normalized spacial score (nSPS) is 21.1. The molecular formula is C24H22O4. The summed E-state index contributed by atoms with van der Waals surface area (Å²) in [5.74, 6) is 0.184. The molecule has 4 heteroatoms. The van der Waals surface area contributed by atoms with Gasteiger partial charge in [0.1, 0.15) is 17.6 Å². The van der Waals surface area contributed by atoms with Gasteiger partial charge >= 0.3 is 5.97 Å². The van der Waals surface area contributed by atoms with Gasteiger partial charge in [-0.3, -0.25) is 4.79 Å². The maximum atomic E-state index is 13.2. The van der Waals surface area contributed by atoms with Gasteiger partial charge in [-0.2, -0.15) is 0 Å². The SMILES string of the molecule is C=C1Oc2ccc3ccccc3c2C(O)C1(Cc1ccccc1)C(=O)OCC. The van der Waals surface area contributed by atoms with Crippen molar-refractivity contribution in [3.63, 3.8) is 0 Å². The topological polar surface area (TPSA) is 55.8 Å². The van der Waals surface area contributed by atoms with Crippen molar-refractivity contribution in [3.05, 3.63) is 90.2 Å². The van der Waals surface area contributed by atoms with Crippen molar-refractivity contribution in [2.24, 2.45) is 5.41 Å². The van der Waals surface area contributed by atoms with E-state index in [0.29, 0.717) is 11.3 Å². The highest BCUT2D eigenvalue weighted by atomic mass is 16.5. The molecule has 0 saturated carbocycles. The number of fused-ring (bicyclic) bond motifs is 3. The fraction of sp³-hybridized carbons (Fsp3) is 0.208. The minimum absolute atomic E-state index is 0.199. The number of carbonyl (C=O) groups is 1. The Hall–Kier alpha value is -3.11. The lowest BCUT2D eigenvalue weighted by molar-refractivity contribution is -0.163. The van der Waals surface area contributed by atoms with Crippen LogP contribution in [0.3, 0.4) is 0 Å². The molecule has 142 valence electrons. The van der Waals surface area contributed by atoms with Gasteiger partial charge in [0.05, 0.1) is 6.61 Å². The number of esters is 1. The second kappa shape index (κ2) is 7.13. The van der Waals surface area contributed by atoms with Crippen LogP contribution in [0.15, 0.2) is 79.1 Å². The minimum Gasteiger partial charge on any atom is -0.465 e. The van der Waals surface area contributed by atoms with Crippen molar-refractivity contribution in [1.82, 2.24) is 0 Å². The van der Waals surface area contributed by atoms with Crippen LogP contribution in [-0.2, 0) is 16.0 Å². The summed E-state index contributed by atoms with van der Waals surface area (Å²) >= 11 is 0. The van der Waals surface area contributed by atoms with Gasteiger partial charge in [0.25, 0.3) is 0 Å². The monoisotopic (exact) mass is 374 g/mol. The standard InChI is InChI=1S/C24H22O4/c1-3-27-23(26)24(15-17-9-5-4-6-10-17)16(2)28-20-14-13-18-11-7-8-12-19(18)21(20)22(24)25/h4-14,22,25H,2-3,15H2,1H3. The molecule has 4 rings (SSSR count). The van der Waals surface area contributed by atoms with Crippen molar-refractivity contribution >= 4 is 16.7 Å². The first kappa shape index (κ1) is 18.3. The van der Waals surface area contributed by atoms with E-state index in [1.807, 2.05) is 66.7 Å². The molecule has 4 nitrogen and oxygen atoms in total. The minimum atomic E-state index is -1.42. The molecule has 0 fully saturated rings. The van der Waals surface area contributed by atoms with Gasteiger partial charge in [-0.15, -0.1) is 0 Å². The molecule has 3 aromatic rings. The van der Waals surface area contributed by atoms with E-state index in [9.17, 15) is 9.90 Å². The highest BCUT2D eigenvalue weighted by Crippen LogP contribution is 2.53. The second-order valence-corrected chi connectivity index (χ2v) is 6.98. The fourth-order valence-corrected chi connectivity index (χ4v) is 3.94. The van der Waals surface area contributed by atoms with Crippen molar-refractivity contribution < 1.29 is 19.4 Å². The highest BCUT2D eigenvalue weighted by molar-refractivity contribution is 5.91. The first-order chi connectivity index (χ1) is 13.6. The van der Waals surface area contributed by atoms with Gasteiger partial charge in [-0.25, -0.2) is 0 Å². The van der Waals surface area contributed by atoms with Crippen LogP contribution in [0.25, 0.3) is 10.8 Å². The molecule has 3 aromatic carbocycles. The van der Waals surface area contributed by atoms with Gasteiger partial charge < -0.3 is 14.6 Å². The molecule has 1 heterocycles. The number of aliphatic hydroxyl groups excluding tert-OH is 1. The summed E-state index contributed by atoms with van der Waals surface area (Å²) in [7, 11) is 0. The number of aliphatic hydroxyl groups is 1. The largest absolute Gasteiger partial charge is 0.465 e. The first-order valence-corrected chi connectivity index (χ1v) is 9.36. The van der Waals surface area contributed by atoms with E-state index in [-0.39, 0.29) is 18.8 Å². The lowest BCUT2D eigenvalue weighted by atomic mass is 9.70.